The second-order valence-corrected chi connectivity index (χ2v) is 7.67. The lowest BCUT2D eigenvalue weighted by Crippen LogP contribution is -2.42. The van der Waals surface area contributed by atoms with E-state index < -0.39 is 0 Å². The van der Waals surface area contributed by atoms with Crippen LogP contribution in [0.25, 0.3) is 0 Å². The smallest absolute Gasteiger partial charge is 0.341 e. The highest BCUT2D eigenvalue weighted by Gasteiger charge is 2.39. The largest absolute Gasteiger partial charge is 0.462 e. The SMILES string of the molecule is CCOC(=O)c1cnc(NC2(c3ccc(N4CCCCC4)cc3)CCC2)nc1. The highest BCUT2D eigenvalue weighted by molar-refractivity contribution is 5.88. The van der Waals surface area contributed by atoms with Crippen molar-refractivity contribution in [1.29, 1.82) is 0 Å². The number of nitrogens with zero attached hydrogens (tertiary/aromatic N) is 3. The van der Waals surface area contributed by atoms with Crippen LogP contribution in [0.5, 0.6) is 0 Å². The van der Waals surface area contributed by atoms with E-state index in [1.54, 1.807) is 6.92 Å². The summed E-state index contributed by atoms with van der Waals surface area (Å²) in [5, 5.41) is 3.52. The molecule has 1 aromatic carbocycles. The van der Waals surface area contributed by atoms with Crippen molar-refractivity contribution >= 4 is 17.6 Å². The number of ether oxygens (including phenoxy) is 1. The molecule has 2 heterocycles. The van der Waals surface area contributed by atoms with Crippen LogP contribution >= 0.6 is 0 Å². The predicted octanol–water partition coefficient (Wildman–Crippen LogP) is 4.13. The van der Waals surface area contributed by atoms with Gasteiger partial charge in [-0.05, 0) is 63.1 Å². The molecule has 0 atom stereocenters. The molecule has 0 amide bonds. The number of carbonyl (C=O) groups is 1. The van der Waals surface area contributed by atoms with Crippen molar-refractivity contribution in [3.63, 3.8) is 0 Å². The molecule has 2 aromatic rings. The average molecular weight is 380 g/mol. The lowest BCUT2D eigenvalue weighted by atomic mass is 9.72. The number of rotatable bonds is 6. The Morgan fingerprint density at radius 2 is 1.75 bits per heavy atom. The van der Waals surface area contributed by atoms with E-state index in [9.17, 15) is 4.79 Å². The molecule has 2 fully saturated rings. The Labute approximate surface area is 166 Å². The maximum atomic E-state index is 11.8. The van der Waals surface area contributed by atoms with Crippen LogP contribution in [-0.2, 0) is 10.3 Å². The van der Waals surface area contributed by atoms with Gasteiger partial charge in [-0.2, -0.15) is 0 Å². The second-order valence-electron chi connectivity index (χ2n) is 7.67. The first kappa shape index (κ1) is 18.7. The maximum Gasteiger partial charge on any atom is 0.341 e. The first-order valence-electron chi connectivity index (χ1n) is 10.3. The summed E-state index contributed by atoms with van der Waals surface area (Å²) in [4.78, 5) is 22.9. The Balaban J connectivity index is 1.47. The number of nitrogens with one attached hydrogen (secondary N) is 1. The monoisotopic (exact) mass is 380 g/mol. The van der Waals surface area contributed by atoms with Crippen LogP contribution in [0.2, 0.25) is 0 Å². The van der Waals surface area contributed by atoms with Crippen molar-refractivity contribution < 1.29 is 9.53 Å². The summed E-state index contributed by atoms with van der Waals surface area (Å²) in [6, 6.07) is 8.96. The predicted molar refractivity (Wildman–Crippen MR) is 110 cm³/mol. The van der Waals surface area contributed by atoms with Gasteiger partial charge >= 0.3 is 5.97 Å². The molecular formula is C22H28N4O2. The van der Waals surface area contributed by atoms with Crippen LogP contribution in [0, 0.1) is 0 Å². The van der Waals surface area contributed by atoms with Crippen LogP contribution < -0.4 is 10.2 Å². The molecule has 28 heavy (non-hydrogen) atoms. The van der Waals surface area contributed by atoms with Gasteiger partial charge in [0, 0.05) is 31.2 Å². The van der Waals surface area contributed by atoms with Crippen molar-refractivity contribution in [2.75, 3.05) is 29.9 Å². The van der Waals surface area contributed by atoms with Crippen molar-refractivity contribution in [1.82, 2.24) is 9.97 Å². The van der Waals surface area contributed by atoms with E-state index in [0.717, 1.165) is 25.9 Å². The summed E-state index contributed by atoms with van der Waals surface area (Å²) in [7, 11) is 0. The Hall–Kier alpha value is -2.63. The summed E-state index contributed by atoms with van der Waals surface area (Å²) >= 11 is 0. The third kappa shape index (κ3) is 3.81. The fraction of sp³-hybridized carbons (Fsp3) is 0.500. The first-order chi connectivity index (χ1) is 13.7. The molecule has 2 aliphatic rings. The van der Waals surface area contributed by atoms with E-state index in [4.69, 9.17) is 4.74 Å². The minimum atomic E-state index is -0.388. The fourth-order valence-corrected chi connectivity index (χ4v) is 4.09. The molecule has 4 rings (SSSR count). The normalized spacial score (nSPS) is 18.2. The number of aromatic nitrogens is 2. The molecule has 1 aliphatic carbocycles. The third-order valence-corrected chi connectivity index (χ3v) is 5.86. The van der Waals surface area contributed by atoms with E-state index >= 15 is 0 Å². The molecule has 0 spiro atoms. The summed E-state index contributed by atoms with van der Waals surface area (Å²) in [6.07, 6.45) is 10.3. The van der Waals surface area contributed by atoms with Gasteiger partial charge in [0.25, 0.3) is 0 Å². The van der Waals surface area contributed by atoms with Crippen LogP contribution in [0.4, 0.5) is 11.6 Å². The summed E-state index contributed by atoms with van der Waals surface area (Å²) in [5.74, 6) is 0.161. The van der Waals surface area contributed by atoms with Crippen LogP contribution in [0.15, 0.2) is 36.7 Å². The van der Waals surface area contributed by atoms with Gasteiger partial charge < -0.3 is 15.0 Å². The number of benzene rings is 1. The number of hydrogen-bond donors (Lipinski definition) is 1. The van der Waals surface area contributed by atoms with E-state index in [1.807, 2.05) is 0 Å². The standard InChI is InChI=1S/C22H28N4O2/c1-2-28-20(27)17-15-23-21(24-16-17)25-22(11-6-12-22)18-7-9-19(10-8-18)26-13-4-3-5-14-26/h7-10,15-16H,2-6,11-14H2,1H3,(H,23,24,25). The number of carbonyl (C=O) groups excluding carboxylic acids is 1. The quantitative estimate of drug-likeness (QED) is 0.760. The van der Waals surface area contributed by atoms with Crippen molar-refractivity contribution in [3.05, 3.63) is 47.8 Å². The highest BCUT2D eigenvalue weighted by atomic mass is 16.5. The Morgan fingerprint density at radius 3 is 2.32 bits per heavy atom. The number of anilines is 2. The van der Waals surface area contributed by atoms with Gasteiger partial charge in [-0.15, -0.1) is 0 Å². The van der Waals surface area contributed by atoms with E-state index in [1.165, 1.54) is 49.3 Å². The second kappa shape index (κ2) is 8.17. The highest BCUT2D eigenvalue weighted by Crippen LogP contribution is 2.44. The zero-order valence-corrected chi connectivity index (χ0v) is 16.5. The minimum Gasteiger partial charge on any atom is -0.462 e. The molecule has 6 nitrogen and oxygen atoms in total. The van der Waals surface area contributed by atoms with Crippen molar-refractivity contribution in [2.24, 2.45) is 0 Å². The first-order valence-corrected chi connectivity index (χ1v) is 10.3. The molecule has 0 bridgehead atoms. The molecule has 1 aromatic heterocycles. The topological polar surface area (TPSA) is 67.3 Å². The van der Waals surface area contributed by atoms with Crippen molar-refractivity contribution in [3.8, 4) is 0 Å². The van der Waals surface area contributed by atoms with Gasteiger partial charge in [-0.25, -0.2) is 14.8 Å². The Morgan fingerprint density at radius 1 is 1.07 bits per heavy atom. The molecule has 1 N–H and O–H groups in total. The average Bonchev–Trinajstić information content (AvgIpc) is 2.72. The summed E-state index contributed by atoms with van der Waals surface area (Å²) in [5.41, 5.74) is 2.85. The molecule has 1 saturated heterocycles. The molecule has 6 heteroatoms. The number of hydrogen-bond acceptors (Lipinski definition) is 6. The van der Waals surface area contributed by atoms with Crippen LogP contribution in [0.3, 0.4) is 0 Å². The lowest BCUT2D eigenvalue weighted by molar-refractivity contribution is 0.0525. The van der Waals surface area contributed by atoms with Gasteiger partial charge in [0.2, 0.25) is 5.95 Å². The number of esters is 1. The Kier molecular flexibility index (Phi) is 5.46. The van der Waals surface area contributed by atoms with Gasteiger partial charge in [-0.1, -0.05) is 12.1 Å². The van der Waals surface area contributed by atoms with Crippen LogP contribution in [-0.4, -0.2) is 35.6 Å². The lowest BCUT2D eigenvalue weighted by Gasteiger charge is -2.43. The molecule has 148 valence electrons. The van der Waals surface area contributed by atoms with E-state index in [0.29, 0.717) is 18.1 Å². The minimum absolute atomic E-state index is 0.119. The molecule has 1 aliphatic heterocycles. The third-order valence-electron chi connectivity index (χ3n) is 5.86. The van der Waals surface area contributed by atoms with E-state index in [2.05, 4.69) is 44.5 Å². The van der Waals surface area contributed by atoms with Gasteiger partial charge in [0.05, 0.1) is 17.7 Å². The number of piperidine rings is 1. The zero-order valence-electron chi connectivity index (χ0n) is 16.5. The van der Waals surface area contributed by atoms with Crippen molar-refractivity contribution in [2.45, 2.75) is 51.0 Å². The van der Waals surface area contributed by atoms with E-state index in [-0.39, 0.29) is 11.5 Å². The van der Waals surface area contributed by atoms with Gasteiger partial charge in [-0.3, -0.25) is 0 Å². The molecule has 0 unspecified atom stereocenters. The van der Waals surface area contributed by atoms with Crippen LogP contribution in [0.1, 0.15) is 61.4 Å². The Bertz CT molecular complexity index is 794. The van der Waals surface area contributed by atoms with Gasteiger partial charge in [0.15, 0.2) is 0 Å². The zero-order chi connectivity index (χ0) is 19.4. The fourth-order valence-electron chi connectivity index (χ4n) is 4.09. The molecular weight excluding hydrogens is 352 g/mol. The molecule has 1 saturated carbocycles. The molecule has 0 radical (unpaired) electrons. The summed E-state index contributed by atoms with van der Waals surface area (Å²) in [6.45, 7) is 4.44. The summed E-state index contributed by atoms with van der Waals surface area (Å²) < 4.78 is 4.99. The van der Waals surface area contributed by atoms with Gasteiger partial charge in [0.1, 0.15) is 0 Å². The maximum absolute atomic E-state index is 11.8.